The van der Waals surface area contributed by atoms with Crippen LogP contribution in [0, 0.1) is 6.92 Å². The number of aromatic nitrogens is 2. The van der Waals surface area contributed by atoms with E-state index in [0.29, 0.717) is 23.8 Å². The topological polar surface area (TPSA) is 102 Å². The minimum Gasteiger partial charge on any atom is -0.494 e. The summed E-state index contributed by atoms with van der Waals surface area (Å²) in [5, 5.41) is 4.82. The van der Waals surface area contributed by atoms with Crippen molar-refractivity contribution in [3.8, 4) is 5.75 Å². The van der Waals surface area contributed by atoms with Crippen LogP contribution in [0.25, 0.3) is 10.8 Å². The van der Waals surface area contributed by atoms with Crippen molar-refractivity contribution in [1.82, 2.24) is 20.6 Å². The fraction of sp³-hybridized carbons (Fsp3) is 0.238. The summed E-state index contributed by atoms with van der Waals surface area (Å²) in [5.41, 5.74) is 5.58. The average molecular weight is 394 g/mol. The van der Waals surface area contributed by atoms with Crippen molar-refractivity contribution in [1.29, 1.82) is 0 Å². The van der Waals surface area contributed by atoms with Gasteiger partial charge in [-0.05, 0) is 37.1 Å². The maximum atomic E-state index is 12.4. The maximum Gasteiger partial charge on any atom is 0.290 e. The van der Waals surface area contributed by atoms with Gasteiger partial charge in [-0.3, -0.25) is 25.2 Å². The van der Waals surface area contributed by atoms with Crippen LogP contribution in [0.1, 0.15) is 28.9 Å². The highest BCUT2D eigenvalue weighted by atomic mass is 16.5. The van der Waals surface area contributed by atoms with E-state index in [2.05, 4.69) is 16.0 Å². The summed E-state index contributed by atoms with van der Waals surface area (Å²) in [6.45, 7) is 2.36. The van der Waals surface area contributed by atoms with Gasteiger partial charge in [0.15, 0.2) is 5.69 Å². The van der Waals surface area contributed by atoms with Gasteiger partial charge in [-0.25, -0.2) is 4.68 Å². The van der Waals surface area contributed by atoms with Crippen molar-refractivity contribution >= 4 is 22.6 Å². The predicted octanol–water partition coefficient (Wildman–Crippen LogP) is 1.86. The van der Waals surface area contributed by atoms with E-state index in [9.17, 15) is 14.4 Å². The monoisotopic (exact) mass is 394 g/mol. The minimum atomic E-state index is -0.596. The summed E-state index contributed by atoms with van der Waals surface area (Å²) in [4.78, 5) is 36.5. The number of hydrogen-bond acceptors (Lipinski definition) is 5. The first-order valence-electron chi connectivity index (χ1n) is 9.20. The standard InChI is InChI=1S/C21H22N4O4/c1-14-7-5-8-15(13-14)29-12-6-11-18(26)22-23-20(27)19-16-9-3-4-10-17(16)21(28)25(2)24-19/h3-5,7-10,13H,6,11-12H2,1-2H3,(H,22,26)(H,23,27). The molecule has 0 aliphatic heterocycles. The number of carbonyl (C=O) groups excluding carboxylic acids is 2. The number of amides is 2. The number of hydrazine groups is 1. The zero-order valence-electron chi connectivity index (χ0n) is 16.3. The van der Waals surface area contributed by atoms with Crippen LogP contribution >= 0.6 is 0 Å². The number of fused-ring (bicyclic) bond motifs is 1. The number of benzene rings is 2. The summed E-state index contributed by atoms with van der Waals surface area (Å²) >= 11 is 0. The number of hydrogen-bond donors (Lipinski definition) is 2. The van der Waals surface area contributed by atoms with Gasteiger partial charge in [-0.1, -0.05) is 30.3 Å². The molecule has 8 heteroatoms. The molecule has 29 heavy (non-hydrogen) atoms. The maximum absolute atomic E-state index is 12.4. The molecule has 2 amide bonds. The second kappa shape index (κ2) is 9.01. The molecule has 0 radical (unpaired) electrons. The molecule has 1 aromatic heterocycles. The van der Waals surface area contributed by atoms with Crippen LogP contribution in [0.4, 0.5) is 0 Å². The molecule has 3 aromatic rings. The SMILES string of the molecule is Cc1cccc(OCCCC(=O)NNC(=O)c2nn(C)c(=O)c3ccccc23)c1. The lowest BCUT2D eigenvalue weighted by atomic mass is 10.1. The van der Waals surface area contributed by atoms with Gasteiger partial charge >= 0.3 is 0 Å². The lowest BCUT2D eigenvalue weighted by Crippen LogP contribution is -2.42. The summed E-state index contributed by atoms with van der Waals surface area (Å²) in [7, 11) is 1.47. The van der Waals surface area contributed by atoms with Crippen LogP contribution in [0.2, 0.25) is 0 Å². The molecule has 0 fully saturated rings. The summed E-state index contributed by atoms with van der Waals surface area (Å²) < 4.78 is 6.69. The fourth-order valence-corrected chi connectivity index (χ4v) is 2.84. The quantitative estimate of drug-likeness (QED) is 0.491. The zero-order valence-corrected chi connectivity index (χ0v) is 16.3. The van der Waals surface area contributed by atoms with Crippen LogP contribution in [0.3, 0.4) is 0 Å². The molecule has 2 aromatic carbocycles. The molecule has 0 saturated heterocycles. The number of ether oxygens (including phenoxy) is 1. The second-order valence-electron chi connectivity index (χ2n) is 6.59. The molecule has 0 unspecified atom stereocenters. The third-order valence-corrected chi connectivity index (χ3v) is 4.29. The van der Waals surface area contributed by atoms with E-state index in [1.165, 1.54) is 7.05 Å². The van der Waals surface area contributed by atoms with Gasteiger partial charge in [0.05, 0.1) is 12.0 Å². The number of nitrogens with zero attached hydrogens (tertiary/aromatic N) is 2. The van der Waals surface area contributed by atoms with Crippen molar-refractivity contribution in [3.63, 3.8) is 0 Å². The Hall–Kier alpha value is -3.68. The van der Waals surface area contributed by atoms with E-state index < -0.39 is 5.91 Å². The van der Waals surface area contributed by atoms with E-state index in [-0.39, 0.29) is 23.6 Å². The van der Waals surface area contributed by atoms with Crippen LogP contribution in [0.15, 0.2) is 53.3 Å². The van der Waals surface area contributed by atoms with Crippen molar-refractivity contribution in [2.75, 3.05) is 6.61 Å². The summed E-state index contributed by atoms with van der Waals surface area (Å²) in [6, 6.07) is 14.4. The van der Waals surface area contributed by atoms with Gasteiger partial charge in [0.25, 0.3) is 11.5 Å². The first kappa shape index (κ1) is 20.1. The molecule has 0 aliphatic rings. The van der Waals surface area contributed by atoms with Gasteiger partial charge in [0, 0.05) is 18.9 Å². The first-order valence-corrected chi connectivity index (χ1v) is 9.20. The molecular formula is C21H22N4O4. The Labute approximate surface area is 167 Å². The lowest BCUT2D eigenvalue weighted by Gasteiger charge is -2.10. The highest BCUT2D eigenvalue weighted by molar-refractivity contribution is 6.05. The normalized spacial score (nSPS) is 10.6. The van der Waals surface area contributed by atoms with E-state index in [4.69, 9.17) is 4.74 Å². The zero-order chi connectivity index (χ0) is 20.8. The third-order valence-electron chi connectivity index (χ3n) is 4.29. The molecule has 0 atom stereocenters. The minimum absolute atomic E-state index is 0.0609. The second-order valence-corrected chi connectivity index (χ2v) is 6.59. The van der Waals surface area contributed by atoms with E-state index >= 15 is 0 Å². The van der Waals surface area contributed by atoms with E-state index in [1.807, 2.05) is 31.2 Å². The highest BCUT2D eigenvalue weighted by Crippen LogP contribution is 2.13. The Kier molecular flexibility index (Phi) is 6.23. The summed E-state index contributed by atoms with van der Waals surface area (Å²) in [5.74, 6) is -0.187. The van der Waals surface area contributed by atoms with Gasteiger partial charge in [-0.15, -0.1) is 0 Å². The molecule has 150 valence electrons. The molecular weight excluding hydrogens is 372 g/mol. The van der Waals surface area contributed by atoms with E-state index in [0.717, 1.165) is 16.0 Å². The fourth-order valence-electron chi connectivity index (χ4n) is 2.84. The third kappa shape index (κ3) is 4.98. The number of aryl methyl sites for hydroxylation is 2. The molecule has 0 saturated carbocycles. The Bertz CT molecular complexity index is 1110. The first-order chi connectivity index (χ1) is 14.0. The van der Waals surface area contributed by atoms with Crippen LogP contribution in [0.5, 0.6) is 5.75 Å². The van der Waals surface area contributed by atoms with Crippen molar-refractivity contribution in [2.24, 2.45) is 7.05 Å². The molecule has 0 spiro atoms. The van der Waals surface area contributed by atoms with Gasteiger partial charge in [0.2, 0.25) is 5.91 Å². The van der Waals surface area contributed by atoms with Crippen molar-refractivity contribution < 1.29 is 14.3 Å². The van der Waals surface area contributed by atoms with Crippen molar-refractivity contribution in [2.45, 2.75) is 19.8 Å². The Morgan fingerprint density at radius 3 is 2.59 bits per heavy atom. The van der Waals surface area contributed by atoms with Crippen molar-refractivity contribution in [3.05, 3.63) is 70.1 Å². The molecule has 2 N–H and O–H groups in total. The van der Waals surface area contributed by atoms with Gasteiger partial charge in [-0.2, -0.15) is 5.10 Å². The Morgan fingerprint density at radius 2 is 1.83 bits per heavy atom. The average Bonchev–Trinajstić information content (AvgIpc) is 2.72. The van der Waals surface area contributed by atoms with Gasteiger partial charge < -0.3 is 4.74 Å². The van der Waals surface area contributed by atoms with E-state index in [1.54, 1.807) is 24.3 Å². The van der Waals surface area contributed by atoms with Crippen LogP contribution in [-0.4, -0.2) is 28.2 Å². The number of carbonyl (C=O) groups is 2. The smallest absolute Gasteiger partial charge is 0.290 e. The lowest BCUT2D eigenvalue weighted by molar-refractivity contribution is -0.122. The molecule has 8 nitrogen and oxygen atoms in total. The number of nitrogens with one attached hydrogen (secondary N) is 2. The highest BCUT2D eigenvalue weighted by Gasteiger charge is 2.16. The Morgan fingerprint density at radius 1 is 1.07 bits per heavy atom. The van der Waals surface area contributed by atoms with Crippen LogP contribution in [-0.2, 0) is 11.8 Å². The largest absolute Gasteiger partial charge is 0.494 e. The molecule has 0 bridgehead atoms. The molecule has 3 rings (SSSR count). The van der Waals surface area contributed by atoms with Crippen LogP contribution < -0.4 is 21.1 Å². The predicted molar refractivity (Wildman–Crippen MR) is 109 cm³/mol. The summed E-state index contributed by atoms with van der Waals surface area (Å²) in [6.07, 6.45) is 0.685. The Balaban J connectivity index is 1.52. The van der Waals surface area contributed by atoms with Gasteiger partial charge in [0.1, 0.15) is 5.75 Å². The molecule has 1 heterocycles. The molecule has 0 aliphatic carbocycles. The number of rotatable bonds is 6.